The molecule has 0 aliphatic rings. The van der Waals surface area contributed by atoms with Gasteiger partial charge in [-0.25, -0.2) is 4.79 Å². The van der Waals surface area contributed by atoms with E-state index in [1.54, 1.807) is 0 Å². The smallest absolute Gasteiger partial charge is 0.338 e. The topological polar surface area (TPSA) is 57.2 Å². The van der Waals surface area contributed by atoms with E-state index in [1.807, 2.05) is 24.3 Å². The van der Waals surface area contributed by atoms with Gasteiger partial charge in [0.15, 0.2) is 0 Å². The summed E-state index contributed by atoms with van der Waals surface area (Å²) >= 11 is 0. The average Bonchev–Trinajstić information content (AvgIpc) is 2.63. The number of primary amides is 1. The van der Waals surface area contributed by atoms with Crippen LogP contribution in [0.5, 0.6) is 0 Å². The number of urea groups is 1. The third kappa shape index (κ3) is 11.9. The lowest BCUT2D eigenvalue weighted by Gasteiger charge is -2.07. The fourth-order valence-electron chi connectivity index (χ4n) is 3.46. The second kappa shape index (κ2) is 15.7. The summed E-state index contributed by atoms with van der Waals surface area (Å²) in [6.45, 7) is 2.28. The van der Waals surface area contributed by atoms with E-state index in [0.29, 0.717) is 0 Å². The number of carbonyl (C=O) groups excluding carboxylic acids is 1. The van der Waals surface area contributed by atoms with E-state index >= 15 is 0 Å². The number of carbonyl (C=O) groups is 1. The molecule has 0 saturated carbocycles. The van der Waals surface area contributed by atoms with Crippen LogP contribution in [-0.4, -0.2) is 6.03 Å². The van der Waals surface area contributed by atoms with Crippen molar-refractivity contribution in [1.82, 2.24) is 5.32 Å². The molecule has 0 spiro atoms. The molecule has 147 valence electrons. The number of amides is 2. The van der Waals surface area contributed by atoms with Gasteiger partial charge in [-0.3, -0.25) is 0 Å². The van der Waals surface area contributed by atoms with Gasteiger partial charge in [0.1, 0.15) is 0 Å². The highest BCUT2D eigenvalue weighted by atomic mass is 16.2. The molecule has 1 rings (SSSR count). The van der Waals surface area contributed by atoms with Crippen molar-refractivity contribution in [2.24, 2.45) is 5.73 Å². The van der Waals surface area contributed by atoms with Crippen LogP contribution in [0, 0.1) is 0 Å². The lowest BCUT2D eigenvalue weighted by Crippen LogP contribution is -2.19. The van der Waals surface area contributed by atoms with E-state index in [2.05, 4.69) is 12.2 Å². The maximum absolute atomic E-state index is 11.0. The molecule has 0 aliphatic heterocycles. The van der Waals surface area contributed by atoms with Crippen molar-refractivity contribution in [3.8, 4) is 0 Å². The normalized spacial score (nSPS) is 10.8. The van der Waals surface area contributed by atoms with Gasteiger partial charge in [0.25, 0.3) is 0 Å². The van der Waals surface area contributed by atoms with E-state index in [4.69, 9.17) is 5.73 Å². The van der Waals surface area contributed by atoms with Crippen molar-refractivity contribution < 1.29 is 4.79 Å². The molecular weight excluding hydrogens is 320 g/mol. The van der Waals surface area contributed by atoms with Crippen LogP contribution in [0.15, 0.2) is 24.3 Å². The highest BCUT2D eigenvalue weighted by molar-refractivity contribution is 5.77. The van der Waals surface area contributed by atoms with Gasteiger partial charge in [-0.2, -0.15) is 5.32 Å². The predicted molar refractivity (Wildman–Crippen MR) is 112 cm³/mol. The van der Waals surface area contributed by atoms with Crippen molar-refractivity contribution in [1.29, 1.82) is 0 Å². The van der Waals surface area contributed by atoms with Crippen LogP contribution in [-0.2, 0) is 6.42 Å². The van der Waals surface area contributed by atoms with Gasteiger partial charge in [-0.05, 0) is 24.5 Å². The second-order valence-electron chi connectivity index (χ2n) is 7.42. The molecule has 0 fully saturated rings. The number of nitrogens with zero attached hydrogens (tertiary/aromatic N) is 1. The molecule has 2 N–H and O–H groups in total. The second-order valence-corrected chi connectivity index (χ2v) is 7.42. The quantitative estimate of drug-likeness (QED) is 0.317. The fraction of sp³-hybridized carbons (Fsp3) is 0.696. The van der Waals surface area contributed by atoms with Crippen LogP contribution < -0.4 is 11.1 Å². The Labute approximate surface area is 161 Å². The van der Waals surface area contributed by atoms with Gasteiger partial charge >= 0.3 is 6.03 Å². The first-order valence-corrected chi connectivity index (χ1v) is 10.8. The molecule has 2 amide bonds. The van der Waals surface area contributed by atoms with Crippen LogP contribution in [0.25, 0.3) is 0 Å². The Kier molecular flexibility index (Phi) is 13.6. The van der Waals surface area contributed by atoms with Crippen LogP contribution >= 0.6 is 0 Å². The summed E-state index contributed by atoms with van der Waals surface area (Å²) in [7, 11) is 0. The first kappa shape index (κ1) is 22.5. The van der Waals surface area contributed by atoms with Gasteiger partial charge in [-0.15, -0.1) is 0 Å². The van der Waals surface area contributed by atoms with E-state index < -0.39 is 6.03 Å². The molecular formula is C23H39N2O. The molecule has 0 bridgehead atoms. The molecule has 1 aromatic carbocycles. The zero-order valence-corrected chi connectivity index (χ0v) is 16.8. The molecule has 3 heteroatoms. The highest BCUT2D eigenvalue weighted by Gasteiger charge is 2.05. The van der Waals surface area contributed by atoms with Crippen LogP contribution in [0.1, 0.15) is 102 Å². The molecule has 1 radical (unpaired) electrons. The van der Waals surface area contributed by atoms with Crippen molar-refractivity contribution in [2.75, 3.05) is 0 Å². The number of para-hydroxylation sites is 1. The summed E-state index contributed by atoms with van der Waals surface area (Å²) in [6.07, 6.45) is 20.1. The summed E-state index contributed by atoms with van der Waals surface area (Å²) in [4.78, 5) is 11.0. The average molecular weight is 360 g/mol. The van der Waals surface area contributed by atoms with Crippen LogP contribution in [0.2, 0.25) is 0 Å². The molecule has 0 aliphatic carbocycles. The van der Waals surface area contributed by atoms with Gasteiger partial charge in [0, 0.05) is 0 Å². The Morgan fingerprint density at radius 1 is 0.769 bits per heavy atom. The molecule has 0 aromatic heterocycles. The lowest BCUT2D eigenvalue weighted by atomic mass is 10.0. The molecule has 3 nitrogen and oxygen atoms in total. The Morgan fingerprint density at radius 2 is 1.23 bits per heavy atom. The predicted octanol–water partition coefficient (Wildman–Crippen LogP) is 7.03. The Morgan fingerprint density at radius 3 is 1.73 bits per heavy atom. The third-order valence-electron chi connectivity index (χ3n) is 5.02. The van der Waals surface area contributed by atoms with Crippen LogP contribution in [0.3, 0.4) is 0 Å². The standard InChI is InChI=1S/C23H39N2O/c1-2-3-4-5-6-7-8-9-10-11-12-13-14-15-18-21-19-16-17-20-22(21)25-23(24)26/h16-17,19-20H,2-15,18H2,1H3,(H2,24,26). The Balaban J connectivity index is 1.93. The highest BCUT2D eigenvalue weighted by Crippen LogP contribution is 2.19. The van der Waals surface area contributed by atoms with Gasteiger partial charge in [0.05, 0.1) is 5.69 Å². The van der Waals surface area contributed by atoms with E-state index in [0.717, 1.165) is 24.1 Å². The minimum Gasteiger partial charge on any atom is -0.350 e. The van der Waals surface area contributed by atoms with Crippen LogP contribution in [0.4, 0.5) is 10.5 Å². The molecule has 0 heterocycles. The number of rotatable bonds is 16. The Bertz CT molecular complexity index is 473. The fourth-order valence-corrected chi connectivity index (χ4v) is 3.46. The number of nitrogens with two attached hydrogens (primary N) is 1. The number of hydrogen-bond donors (Lipinski definition) is 1. The van der Waals surface area contributed by atoms with E-state index in [9.17, 15) is 4.79 Å². The summed E-state index contributed by atoms with van der Waals surface area (Å²) in [5, 5.41) is 3.88. The molecule has 1 aromatic rings. The maximum atomic E-state index is 11.0. The minimum atomic E-state index is -0.613. The van der Waals surface area contributed by atoms with Crippen molar-refractivity contribution in [2.45, 2.75) is 103 Å². The monoisotopic (exact) mass is 359 g/mol. The number of benzene rings is 1. The summed E-state index contributed by atoms with van der Waals surface area (Å²) in [5.74, 6) is 0. The van der Waals surface area contributed by atoms with Gasteiger partial charge < -0.3 is 5.73 Å². The van der Waals surface area contributed by atoms with E-state index in [1.165, 1.54) is 83.5 Å². The molecule has 26 heavy (non-hydrogen) atoms. The van der Waals surface area contributed by atoms with Crippen molar-refractivity contribution in [3.05, 3.63) is 29.8 Å². The number of hydrogen-bond acceptors (Lipinski definition) is 1. The number of aryl methyl sites for hydroxylation is 1. The zero-order chi connectivity index (χ0) is 18.9. The maximum Gasteiger partial charge on any atom is 0.338 e. The first-order valence-electron chi connectivity index (χ1n) is 10.8. The zero-order valence-electron chi connectivity index (χ0n) is 16.8. The minimum absolute atomic E-state index is 0.613. The van der Waals surface area contributed by atoms with Gasteiger partial charge in [-0.1, -0.05) is 109 Å². The number of unbranched alkanes of at least 4 members (excludes halogenated alkanes) is 13. The summed E-state index contributed by atoms with van der Waals surface area (Å²) < 4.78 is 0. The van der Waals surface area contributed by atoms with Gasteiger partial charge in [0.2, 0.25) is 0 Å². The SMILES string of the molecule is CCCCCCCCCCCCCCCCc1ccccc1[N]C(N)=O. The molecule has 0 atom stereocenters. The lowest BCUT2D eigenvalue weighted by molar-refractivity contribution is 0.251. The van der Waals surface area contributed by atoms with Crippen molar-refractivity contribution in [3.63, 3.8) is 0 Å². The first-order chi connectivity index (χ1) is 12.7. The Hall–Kier alpha value is -1.51. The molecule has 0 unspecified atom stereocenters. The summed E-state index contributed by atoms with van der Waals surface area (Å²) in [5.41, 5.74) is 7.03. The third-order valence-corrected chi connectivity index (χ3v) is 5.02. The van der Waals surface area contributed by atoms with E-state index in [-0.39, 0.29) is 0 Å². The summed E-state index contributed by atoms with van der Waals surface area (Å²) in [6, 6.07) is 7.20. The molecule has 0 saturated heterocycles. The van der Waals surface area contributed by atoms with Crippen molar-refractivity contribution >= 4 is 11.7 Å². The largest absolute Gasteiger partial charge is 0.350 e.